The number of hydrogen-bond acceptors (Lipinski definition) is 3. The molecule has 2 aromatic rings. The van der Waals surface area contributed by atoms with Crippen molar-refractivity contribution < 1.29 is 14.0 Å². The minimum atomic E-state index is -0.291. The van der Waals surface area contributed by atoms with Crippen LogP contribution in [0.5, 0.6) is 0 Å². The molecule has 1 aliphatic heterocycles. The summed E-state index contributed by atoms with van der Waals surface area (Å²) < 4.78 is 13.6. The van der Waals surface area contributed by atoms with Crippen LogP contribution in [-0.2, 0) is 16.2 Å². The van der Waals surface area contributed by atoms with Gasteiger partial charge in [0, 0.05) is 23.9 Å². The highest BCUT2D eigenvalue weighted by atomic mass is 35.5. The van der Waals surface area contributed by atoms with Crippen LogP contribution in [0.4, 0.5) is 4.39 Å². The zero-order valence-electron chi connectivity index (χ0n) is 16.2. The van der Waals surface area contributed by atoms with Crippen molar-refractivity contribution in [3.05, 3.63) is 70.5 Å². The Morgan fingerprint density at radius 1 is 1.17 bits per heavy atom. The van der Waals surface area contributed by atoms with E-state index >= 15 is 0 Å². The summed E-state index contributed by atoms with van der Waals surface area (Å²) in [4.78, 5) is 20.6. The van der Waals surface area contributed by atoms with Crippen molar-refractivity contribution in [2.45, 2.75) is 44.8 Å². The highest BCUT2D eigenvalue weighted by Gasteiger charge is 2.31. The maximum atomic E-state index is 13.6. The lowest BCUT2D eigenvalue weighted by Gasteiger charge is -2.27. The fraction of sp³-hybridized carbons (Fsp3) is 0.391. The lowest BCUT2D eigenvalue weighted by molar-refractivity contribution is -0.137. The molecule has 2 aromatic carbocycles. The van der Waals surface area contributed by atoms with Gasteiger partial charge in [0.25, 0.3) is 0 Å². The molecule has 0 saturated heterocycles. The normalized spacial score (nSPS) is 19.1. The molecular formula is C23H24ClFN2O2. The highest BCUT2D eigenvalue weighted by Crippen LogP contribution is 2.28. The minimum absolute atomic E-state index is 0.0571. The Morgan fingerprint density at radius 3 is 2.66 bits per heavy atom. The molecule has 0 N–H and O–H groups in total. The van der Waals surface area contributed by atoms with Crippen molar-refractivity contribution in [1.29, 1.82) is 0 Å². The lowest BCUT2D eigenvalue weighted by Crippen LogP contribution is -2.40. The van der Waals surface area contributed by atoms with Crippen molar-refractivity contribution in [2.75, 3.05) is 6.54 Å². The first-order chi connectivity index (χ1) is 14.1. The van der Waals surface area contributed by atoms with E-state index in [2.05, 4.69) is 5.16 Å². The van der Waals surface area contributed by atoms with Gasteiger partial charge in [-0.2, -0.15) is 0 Å². The number of benzene rings is 2. The molecule has 2 aliphatic rings. The molecule has 1 fully saturated rings. The van der Waals surface area contributed by atoms with E-state index < -0.39 is 0 Å². The molecule has 4 rings (SSSR count). The third kappa shape index (κ3) is 4.96. The Bertz CT molecular complexity index is 894. The number of carbonyl (C=O) groups excluding carboxylic acids is 1. The first kappa shape index (κ1) is 19.9. The molecule has 0 unspecified atom stereocenters. The Kier molecular flexibility index (Phi) is 6.14. The molecule has 152 valence electrons. The largest absolute Gasteiger partial charge is 0.390 e. The molecule has 1 amide bonds. The number of oxime groups is 1. The second-order valence-corrected chi connectivity index (χ2v) is 8.24. The van der Waals surface area contributed by atoms with Gasteiger partial charge in [0.1, 0.15) is 5.82 Å². The molecule has 0 aromatic heterocycles. The van der Waals surface area contributed by atoms with E-state index in [0.29, 0.717) is 24.5 Å². The number of hydrogen-bond donors (Lipinski definition) is 0. The zero-order chi connectivity index (χ0) is 20.2. The van der Waals surface area contributed by atoms with Gasteiger partial charge in [0.15, 0.2) is 6.10 Å². The summed E-state index contributed by atoms with van der Waals surface area (Å²) in [5.74, 6) is -0.0989. The second-order valence-electron chi connectivity index (χ2n) is 7.81. The maximum Gasteiger partial charge on any atom is 0.226 e. The van der Waals surface area contributed by atoms with Crippen LogP contribution in [0.25, 0.3) is 0 Å². The zero-order valence-corrected chi connectivity index (χ0v) is 16.9. The van der Waals surface area contributed by atoms with E-state index in [1.54, 1.807) is 6.07 Å². The average Bonchev–Trinajstić information content (AvgIpc) is 3.40. The molecule has 1 saturated carbocycles. The van der Waals surface area contributed by atoms with E-state index in [1.165, 1.54) is 12.1 Å². The Labute approximate surface area is 175 Å². The summed E-state index contributed by atoms with van der Waals surface area (Å²) in [6.07, 6.45) is 4.45. The topological polar surface area (TPSA) is 41.9 Å². The average molecular weight is 415 g/mol. The van der Waals surface area contributed by atoms with Gasteiger partial charge in [0.05, 0.1) is 12.3 Å². The molecule has 0 radical (unpaired) electrons. The van der Waals surface area contributed by atoms with Gasteiger partial charge in [-0.05, 0) is 48.2 Å². The predicted octanol–water partition coefficient (Wildman–Crippen LogP) is 5.19. The molecule has 1 heterocycles. The van der Waals surface area contributed by atoms with E-state index in [0.717, 1.165) is 42.5 Å². The third-order valence-electron chi connectivity index (χ3n) is 5.61. The molecule has 0 spiro atoms. The van der Waals surface area contributed by atoms with Crippen LogP contribution in [-0.4, -0.2) is 29.2 Å². The number of rotatable bonds is 6. The van der Waals surface area contributed by atoms with Gasteiger partial charge in [-0.1, -0.05) is 53.9 Å². The molecule has 1 aliphatic carbocycles. The minimum Gasteiger partial charge on any atom is -0.390 e. The van der Waals surface area contributed by atoms with Crippen LogP contribution in [0.1, 0.15) is 43.2 Å². The monoisotopic (exact) mass is 414 g/mol. The van der Waals surface area contributed by atoms with Crippen molar-refractivity contribution >= 4 is 23.2 Å². The van der Waals surface area contributed by atoms with Gasteiger partial charge in [-0.25, -0.2) is 4.39 Å². The molecule has 29 heavy (non-hydrogen) atoms. The quantitative estimate of drug-likeness (QED) is 0.652. The molecular weight excluding hydrogens is 391 g/mol. The van der Waals surface area contributed by atoms with Crippen LogP contribution in [0.15, 0.2) is 53.7 Å². The first-order valence-corrected chi connectivity index (χ1v) is 10.5. The fourth-order valence-electron chi connectivity index (χ4n) is 4.10. The fourth-order valence-corrected chi connectivity index (χ4v) is 4.23. The van der Waals surface area contributed by atoms with E-state index in [-0.39, 0.29) is 23.7 Å². The van der Waals surface area contributed by atoms with Crippen LogP contribution < -0.4 is 0 Å². The highest BCUT2D eigenvalue weighted by molar-refractivity contribution is 6.30. The number of amides is 1. The Balaban J connectivity index is 1.45. The Hall–Kier alpha value is -2.40. The van der Waals surface area contributed by atoms with Gasteiger partial charge in [-0.3, -0.25) is 4.79 Å². The third-order valence-corrected chi connectivity index (χ3v) is 5.86. The number of nitrogens with zero attached hydrogens (tertiary/aromatic N) is 2. The van der Waals surface area contributed by atoms with E-state index in [9.17, 15) is 9.18 Å². The number of halogens is 2. The summed E-state index contributed by atoms with van der Waals surface area (Å²) in [6.45, 7) is 0.815. The Morgan fingerprint density at radius 2 is 1.93 bits per heavy atom. The SMILES string of the molecule is O=C(C1CCCC1)N(Cc1cccc(F)c1)C[C@H]1CC(c2ccc(Cl)cc2)=NO1. The van der Waals surface area contributed by atoms with Crippen LogP contribution in [0.2, 0.25) is 5.02 Å². The van der Waals surface area contributed by atoms with E-state index in [4.69, 9.17) is 16.4 Å². The smallest absolute Gasteiger partial charge is 0.226 e. The summed E-state index contributed by atoms with van der Waals surface area (Å²) >= 11 is 5.96. The van der Waals surface area contributed by atoms with Gasteiger partial charge < -0.3 is 9.74 Å². The van der Waals surface area contributed by atoms with Gasteiger partial charge in [-0.15, -0.1) is 0 Å². The summed E-state index contributed by atoms with van der Waals surface area (Å²) in [5.41, 5.74) is 2.61. The van der Waals surface area contributed by atoms with Gasteiger partial charge in [0.2, 0.25) is 5.91 Å². The predicted molar refractivity (Wildman–Crippen MR) is 111 cm³/mol. The van der Waals surface area contributed by atoms with E-state index in [1.807, 2.05) is 35.2 Å². The summed E-state index contributed by atoms with van der Waals surface area (Å²) in [6, 6.07) is 13.9. The van der Waals surface area contributed by atoms with Crippen molar-refractivity contribution in [3.63, 3.8) is 0 Å². The van der Waals surface area contributed by atoms with Crippen LogP contribution in [0, 0.1) is 11.7 Å². The molecule has 4 nitrogen and oxygen atoms in total. The van der Waals surface area contributed by atoms with Crippen LogP contribution in [0.3, 0.4) is 0 Å². The maximum absolute atomic E-state index is 13.6. The molecule has 0 bridgehead atoms. The van der Waals surface area contributed by atoms with Crippen molar-refractivity contribution in [1.82, 2.24) is 4.90 Å². The second kappa shape index (κ2) is 8.95. The number of carbonyl (C=O) groups is 1. The van der Waals surface area contributed by atoms with Crippen molar-refractivity contribution in [2.24, 2.45) is 11.1 Å². The molecule has 1 atom stereocenters. The summed E-state index contributed by atoms with van der Waals surface area (Å²) in [7, 11) is 0. The lowest BCUT2D eigenvalue weighted by atomic mass is 10.0. The first-order valence-electron chi connectivity index (χ1n) is 10.1. The van der Waals surface area contributed by atoms with Crippen molar-refractivity contribution in [3.8, 4) is 0 Å². The van der Waals surface area contributed by atoms with Gasteiger partial charge >= 0.3 is 0 Å². The van der Waals surface area contributed by atoms with Crippen LogP contribution >= 0.6 is 11.6 Å². The standard InChI is InChI=1S/C23H24ClFN2O2/c24-19-10-8-17(9-11-19)22-13-21(29-26-22)15-27(23(28)18-5-1-2-6-18)14-16-4-3-7-20(25)12-16/h3-4,7-12,18,21H,1-2,5-6,13-15H2/t21-/m1/s1. The summed E-state index contributed by atoms with van der Waals surface area (Å²) in [5, 5.41) is 4.90. The molecule has 6 heteroatoms.